The number of fused-ring (bicyclic) bond motifs is 1. The van der Waals surface area contributed by atoms with Gasteiger partial charge >= 0.3 is 6.09 Å². The summed E-state index contributed by atoms with van der Waals surface area (Å²) in [7, 11) is 0. The van der Waals surface area contributed by atoms with E-state index in [-0.39, 0.29) is 30.1 Å². The fourth-order valence-electron chi connectivity index (χ4n) is 4.18. The van der Waals surface area contributed by atoms with Crippen molar-refractivity contribution in [1.82, 2.24) is 5.32 Å². The van der Waals surface area contributed by atoms with Gasteiger partial charge in [-0.3, -0.25) is 9.69 Å². The molecule has 3 N–H and O–H groups in total. The van der Waals surface area contributed by atoms with Crippen LogP contribution in [0.4, 0.5) is 16.2 Å². The molecule has 1 aromatic rings. The summed E-state index contributed by atoms with van der Waals surface area (Å²) in [6, 6.07) is 6.51. The maximum absolute atomic E-state index is 12.9. The Bertz CT molecular complexity index is 775. The second-order valence-corrected chi connectivity index (χ2v) is 8.65. The summed E-state index contributed by atoms with van der Waals surface area (Å²) in [6.07, 6.45) is 5.15. The second-order valence-electron chi connectivity index (χ2n) is 8.65. The van der Waals surface area contributed by atoms with E-state index in [2.05, 4.69) is 5.32 Å². The Morgan fingerprint density at radius 1 is 1.24 bits per heavy atom. The summed E-state index contributed by atoms with van der Waals surface area (Å²) < 4.78 is 5.69. The van der Waals surface area contributed by atoms with Crippen molar-refractivity contribution >= 4 is 23.4 Å². The molecule has 29 heavy (non-hydrogen) atoms. The van der Waals surface area contributed by atoms with Crippen molar-refractivity contribution in [2.75, 3.05) is 29.4 Å². The third-order valence-corrected chi connectivity index (χ3v) is 6.30. The first-order chi connectivity index (χ1) is 14.0. The van der Waals surface area contributed by atoms with Crippen molar-refractivity contribution < 1.29 is 14.3 Å². The fourth-order valence-corrected chi connectivity index (χ4v) is 4.18. The van der Waals surface area contributed by atoms with E-state index in [4.69, 9.17) is 10.5 Å². The van der Waals surface area contributed by atoms with Crippen LogP contribution in [0.3, 0.4) is 0 Å². The zero-order chi connectivity index (χ0) is 20.5. The molecule has 2 atom stereocenters. The minimum Gasteiger partial charge on any atom is -0.446 e. The fraction of sp³-hybridized carbons (Fsp3) is 0.636. The lowest BCUT2D eigenvalue weighted by Crippen LogP contribution is -2.52. The number of carbonyl (C=O) groups excluding carboxylic acids is 2. The molecular weight excluding hydrogens is 368 g/mol. The van der Waals surface area contributed by atoms with Gasteiger partial charge < -0.3 is 20.7 Å². The molecule has 1 aromatic carbocycles. The van der Waals surface area contributed by atoms with Crippen molar-refractivity contribution in [3.05, 3.63) is 23.8 Å². The normalized spacial score (nSPS) is 22.7. The van der Waals surface area contributed by atoms with E-state index < -0.39 is 0 Å². The Morgan fingerprint density at radius 3 is 2.59 bits per heavy atom. The topological polar surface area (TPSA) is 87.9 Å². The lowest BCUT2D eigenvalue weighted by molar-refractivity contribution is -0.117. The summed E-state index contributed by atoms with van der Waals surface area (Å²) in [4.78, 5) is 28.7. The molecule has 3 aliphatic rings. The third kappa shape index (κ3) is 4.26. The van der Waals surface area contributed by atoms with Crippen LogP contribution in [0.1, 0.15) is 57.4 Å². The number of amides is 2. The SMILES string of the molecule is CC(=O)N1c2ccc(C(CN)CNC3CC3)cc2N(C(=O)OC2CCC2)C[C@@H]1C. The van der Waals surface area contributed by atoms with E-state index in [9.17, 15) is 9.59 Å². The van der Waals surface area contributed by atoms with Crippen molar-refractivity contribution in [3.63, 3.8) is 0 Å². The monoisotopic (exact) mass is 400 g/mol. The minimum absolute atomic E-state index is 0.0230. The Morgan fingerprint density at radius 2 is 2.00 bits per heavy atom. The second kappa shape index (κ2) is 8.32. The van der Waals surface area contributed by atoms with Crippen LogP contribution in [0.2, 0.25) is 0 Å². The zero-order valence-corrected chi connectivity index (χ0v) is 17.4. The van der Waals surface area contributed by atoms with Crippen molar-refractivity contribution in [1.29, 1.82) is 0 Å². The van der Waals surface area contributed by atoms with E-state index in [0.717, 1.165) is 42.7 Å². The molecule has 7 heteroatoms. The Balaban J connectivity index is 1.63. The van der Waals surface area contributed by atoms with Crippen LogP contribution < -0.4 is 20.9 Å². The molecule has 0 aromatic heterocycles. The minimum atomic E-state index is -0.316. The van der Waals surface area contributed by atoms with E-state index >= 15 is 0 Å². The van der Waals surface area contributed by atoms with Gasteiger partial charge in [0.15, 0.2) is 0 Å². The first-order valence-corrected chi connectivity index (χ1v) is 10.8. The van der Waals surface area contributed by atoms with E-state index in [1.807, 2.05) is 25.1 Å². The van der Waals surface area contributed by atoms with Crippen LogP contribution in [-0.4, -0.2) is 49.8 Å². The standard InChI is InChI=1S/C22H32N4O3/c1-14-13-25(22(28)29-19-4-3-5-19)21-10-16(6-9-20(21)26(14)15(2)27)17(11-23)12-24-18-7-8-18/h6,9-10,14,17-19,24H,3-5,7-8,11-13,23H2,1-2H3/t14-,17?/m0/s1. The molecule has 2 aliphatic carbocycles. The summed E-state index contributed by atoms with van der Waals surface area (Å²) in [5.74, 6) is 0.139. The average molecular weight is 401 g/mol. The number of benzene rings is 1. The number of ether oxygens (including phenoxy) is 1. The van der Waals surface area contributed by atoms with Gasteiger partial charge in [-0.05, 0) is 56.7 Å². The molecule has 2 amide bonds. The van der Waals surface area contributed by atoms with Crippen LogP contribution in [0.5, 0.6) is 0 Å². The molecular formula is C22H32N4O3. The van der Waals surface area contributed by atoms with Crippen molar-refractivity contribution in [3.8, 4) is 0 Å². The van der Waals surface area contributed by atoms with E-state index in [1.165, 1.54) is 12.8 Å². The molecule has 2 saturated carbocycles. The number of hydrogen-bond donors (Lipinski definition) is 2. The summed E-state index contributed by atoms with van der Waals surface area (Å²) in [5, 5.41) is 3.55. The lowest BCUT2D eigenvalue weighted by atomic mass is 9.95. The maximum Gasteiger partial charge on any atom is 0.414 e. The zero-order valence-electron chi connectivity index (χ0n) is 17.4. The van der Waals surface area contributed by atoms with Gasteiger partial charge in [0.05, 0.1) is 17.4 Å². The van der Waals surface area contributed by atoms with Gasteiger partial charge in [0, 0.05) is 38.5 Å². The smallest absolute Gasteiger partial charge is 0.414 e. The number of carbonyl (C=O) groups is 2. The molecule has 0 spiro atoms. The molecule has 4 rings (SSSR count). The van der Waals surface area contributed by atoms with E-state index in [1.54, 1.807) is 16.7 Å². The van der Waals surface area contributed by atoms with E-state index in [0.29, 0.717) is 19.1 Å². The molecule has 2 fully saturated rings. The van der Waals surface area contributed by atoms with Gasteiger partial charge in [-0.2, -0.15) is 0 Å². The predicted octanol–water partition coefficient (Wildman–Crippen LogP) is 2.73. The Labute approximate surface area is 172 Å². The van der Waals surface area contributed by atoms with Crippen LogP contribution >= 0.6 is 0 Å². The number of hydrogen-bond acceptors (Lipinski definition) is 5. The van der Waals surface area contributed by atoms with Gasteiger partial charge in [-0.1, -0.05) is 6.07 Å². The highest BCUT2D eigenvalue weighted by atomic mass is 16.6. The van der Waals surface area contributed by atoms with Gasteiger partial charge in [0.1, 0.15) is 6.10 Å². The Hall–Kier alpha value is -2.12. The largest absolute Gasteiger partial charge is 0.446 e. The summed E-state index contributed by atoms with van der Waals surface area (Å²) in [5.41, 5.74) is 8.64. The van der Waals surface area contributed by atoms with Gasteiger partial charge in [0.2, 0.25) is 5.91 Å². The molecule has 0 saturated heterocycles. The molecule has 0 bridgehead atoms. The average Bonchev–Trinajstić information content (AvgIpc) is 3.48. The van der Waals surface area contributed by atoms with Crippen molar-refractivity contribution in [2.45, 2.75) is 70.1 Å². The van der Waals surface area contributed by atoms with Crippen LogP contribution in [0.25, 0.3) is 0 Å². The molecule has 7 nitrogen and oxygen atoms in total. The highest BCUT2D eigenvalue weighted by Crippen LogP contribution is 2.39. The van der Waals surface area contributed by atoms with Crippen molar-refractivity contribution in [2.24, 2.45) is 5.73 Å². The first kappa shape index (κ1) is 20.2. The van der Waals surface area contributed by atoms with Gasteiger partial charge in [0.25, 0.3) is 0 Å². The molecule has 1 aliphatic heterocycles. The predicted molar refractivity (Wildman–Crippen MR) is 113 cm³/mol. The maximum atomic E-state index is 12.9. The van der Waals surface area contributed by atoms with Crippen LogP contribution in [0, 0.1) is 0 Å². The number of nitrogens with one attached hydrogen (secondary N) is 1. The molecule has 0 radical (unpaired) electrons. The molecule has 1 heterocycles. The molecule has 158 valence electrons. The number of nitrogens with zero attached hydrogens (tertiary/aromatic N) is 2. The Kier molecular flexibility index (Phi) is 5.79. The number of nitrogens with two attached hydrogens (primary N) is 1. The number of rotatable bonds is 6. The third-order valence-electron chi connectivity index (χ3n) is 6.30. The highest BCUT2D eigenvalue weighted by Gasteiger charge is 2.36. The van der Waals surface area contributed by atoms with Gasteiger partial charge in [-0.15, -0.1) is 0 Å². The van der Waals surface area contributed by atoms with Crippen LogP contribution in [-0.2, 0) is 9.53 Å². The molecule has 1 unspecified atom stereocenters. The number of anilines is 2. The van der Waals surface area contributed by atoms with Gasteiger partial charge in [-0.25, -0.2) is 4.79 Å². The summed E-state index contributed by atoms with van der Waals surface area (Å²) >= 11 is 0. The lowest BCUT2D eigenvalue weighted by Gasteiger charge is -2.41. The quantitative estimate of drug-likeness (QED) is 0.767. The first-order valence-electron chi connectivity index (χ1n) is 10.8. The van der Waals surface area contributed by atoms with Crippen LogP contribution in [0.15, 0.2) is 18.2 Å². The highest BCUT2D eigenvalue weighted by molar-refractivity contribution is 6.02. The summed E-state index contributed by atoms with van der Waals surface area (Å²) in [6.45, 7) is 5.30.